The van der Waals surface area contributed by atoms with Crippen LogP contribution in [-0.2, 0) is 10.0 Å². The molecule has 2 rings (SSSR count). The standard InChI is InChI=1S/C12H15FN2O4S/c1-8-5-10(6-11(12(8)13)15(16)17)20(18,19)14(2)7-9-3-4-9/h5-6,9H,3-4,7H2,1-2H3. The Morgan fingerprint density at radius 1 is 1.45 bits per heavy atom. The van der Waals surface area contributed by atoms with E-state index < -0.39 is 26.5 Å². The molecule has 1 aliphatic rings. The quantitative estimate of drug-likeness (QED) is 0.616. The zero-order valence-corrected chi connectivity index (χ0v) is 12.0. The molecule has 0 radical (unpaired) electrons. The lowest BCUT2D eigenvalue weighted by molar-refractivity contribution is -0.387. The van der Waals surface area contributed by atoms with E-state index in [0.29, 0.717) is 12.5 Å². The first-order valence-corrected chi connectivity index (χ1v) is 7.58. The molecule has 0 heterocycles. The Labute approximate surface area is 116 Å². The highest BCUT2D eigenvalue weighted by molar-refractivity contribution is 7.89. The molecular formula is C12H15FN2O4S. The van der Waals surface area contributed by atoms with Crippen molar-refractivity contribution in [1.82, 2.24) is 4.31 Å². The first kappa shape index (κ1) is 14.9. The third-order valence-corrected chi connectivity index (χ3v) is 5.13. The molecule has 0 atom stereocenters. The topological polar surface area (TPSA) is 80.5 Å². The van der Waals surface area contributed by atoms with Gasteiger partial charge in [-0.25, -0.2) is 12.7 Å². The summed E-state index contributed by atoms with van der Waals surface area (Å²) in [5.74, 6) is -0.648. The molecule has 0 bridgehead atoms. The molecule has 0 N–H and O–H groups in total. The monoisotopic (exact) mass is 302 g/mol. The van der Waals surface area contributed by atoms with Crippen LogP contribution in [0.5, 0.6) is 0 Å². The van der Waals surface area contributed by atoms with Gasteiger partial charge < -0.3 is 0 Å². The SMILES string of the molecule is Cc1cc(S(=O)(=O)N(C)CC2CC2)cc([N+](=O)[O-])c1F. The van der Waals surface area contributed by atoms with Gasteiger partial charge in [0, 0.05) is 19.7 Å². The number of halogens is 1. The lowest BCUT2D eigenvalue weighted by Gasteiger charge is -2.17. The number of hydrogen-bond acceptors (Lipinski definition) is 4. The summed E-state index contributed by atoms with van der Waals surface area (Å²) in [7, 11) is -2.40. The number of rotatable bonds is 5. The Morgan fingerprint density at radius 3 is 2.55 bits per heavy atom. The molecule has 0 spiro atoms. The van der Waals surface area contributed by atoms with Crippen molar-refractivity contribution in [3.8, 4) is 0 Å². The van der Waals surface area contributed by atoms with E-state index >= 15 is 0 Å². The van der Waals surface area contributed by atoms with Gasteiger partial charge in [0.2, 0.25) is 15.8 Å². The second-order valence-corrected chi connectivity index (χ2v) is 7.10. The lowest BCUT2D eigenvalue weighted by atomic mass is 10.2. The number of benzene rings is 1. The number of hydrogen-bond donors (Lipinski definition) is 0. The van der Waals surface area contributed by atoms with E-state index in [9.17, 15) is 22.9 Å². The van der Waals surface area contributed by atoms with Gasteiger partial charge in [0.05, 0.1) is 9.82 Å². The summed E-state index contributed by atoms with van der Waals surface area (Å²) in [6.45, 7) is 1.69. The highest BCUT2D eigenvalue weighted by Crippen LogP contribution is 2.32. The average Bonchev–Trinajstić information content (AvgIpc) is 3.15. The third kappa shape index (κ3) is 2.80. The molecule has 0 aromatic heterocycles. The summed E-state index contributed by atoms with van der Waals surface area (Å²) >= 11 is 0. The summed E-state index contributed by atoms with van der Waals surface area (Å²) in [6.07, 6.45) is 1.98. The Balaban J connectivity index is 2.43. The molecule has 1 aromatic rings. The predicted molar refractivity (Wildman–Crippen MR) is 70.3 cm³/mol. The zero-order valence-electron chi connectivity index (χ0n) is 11.2. The van der Waals surface area contributed by atoms with Crippen LogP contribution in [0.1, 0.15) is 18.4 Å². The Bertz CT molecular complexity index is 656. The van der Waals surface area contributed by atoms with Gasteiger partial charge in [0.15, 0.2) is 0 Å². The molecule has 6 nitrogen and oxygen atoms in total. The fourth-order valence-corrected chi connectivity index (χ4v) is 3.30. The fraction of sp³-hybridized carbons (Fsp3) is 0.500. The molecule has 20 heavy (non-hydrogen) atoms. The van der Waals surface area contributed by atoms with Gasteiger partial charge in [-0.05, 0) is 37.3 Å². The van der Waals surface area contributed by atoms with E-state index in [4.69, 9.17) is 0 Å². The van der Waals surface area contributed by atoms with E-state index in [1.165, 1.54) is 18.3 Å². The molecule has 0 saturated heterocycles. The fourth-order valence-electron chi connectivity index (χ4n) is 1.94. The maximum absolute atomic E-state index is 13.6. The van der Waals surface area contributed by atoms with Gasteiger partial charge >= 0.3 is 5.69 Å². The van der Waals surface area contributed by atoms with Crippen molar-refractivity contribution in [2.75, 3.05) is 13.6 Å². The minimum absolute atomic E-state index is 0.0578. The van der Waals surface area contributed by atoms with Crippen LogP contribution in [0.4, 0.5) is 10.1 Å². The molecule has 1 fully saturated rings. The van der Waals surface area contributed by atoms with Gasteiger partial charge in [-0.15, -0.1) is 0 Å². The Kier molecular flexibility index (Phi) is 3.79. The maximum Gasteiger partial charge on any atom is 0.306 e. The van der Waals surface area contributed by atoms with E-state index in [1.807, 2.05) is 0 Å². The third-order valence-electron chi connectivity index (χ3n) is 3.33. The van der Waals surface area contributed by atoms with E-state index in [0.717, 1.165) is 25.0 Å². The molecule has 1 aliphatic carbocycles. The summed E-state index contributed by atoms with van der Waals surface area (Å²) in [5, 5.41) is 10.8. The summed E-state index contributed by atoms with van der Waals surface area (Å²) < 4.78 is 39.4. The molecule has 1 saturated carbocycles. The number of aryl methyl sites for hydroxylation is 1. The van der Waals surface area contributed by atoms with E-state index in [1.54, 1.807) is 0 Å². The van der Waals surface area contributed by atoms with E-state index in [-0.39, 0.29) is 10.5 Å². The van der Waals surface area contributed by atoms with Crippen LogP contribution < -0.4 is 0 Å². The van der Waals surface area contributed by atoms with Gasteiger partial charge in [0.25, 0.3) is 0 Å². The smallest absolute Gasteiger partial charge is 0.258 e. The Hall–Kier alpha value is -1.54. The molecule has 8 heteroatoms. The summed E-state index contributed by atoms with van der Waals surface area (Å²) in [6, 6.07) is 1.90. The maximum atomic E-state index is 13.6. The second-order valence-electron chi connectivity index (χ2n) is 5.06. The van der Waals surface area contributed by atoms with Crippen molar-refractivity contribution in [3.05, 3.63) is 33.6 Å². The van der Waals surface area contributed by atoms with Gasteiger partial charge in [0.1, 0.15) is 0 Å². The summed E-state index contributed by atoms with van der Waals surface area (Å²) in [4.78, 5) is 9.61. The van der Waals surface area contributed by atoms with Gasteiger partial charge in [-0.3, -0.25) is 10.1 Å². The average molecular weight is 302 g/mol. The second kappa shape index (κ2) is 5.10. The van der Waals surface area contributed by atoms with Crippen molar-refractivity contribution < 1.29 is 17.7 Å². The molecule has 0 amide bonds. The van der Waals surface area contributed by atoms with Crippen LogP contribution in [0.15, 0.2) is 17.0 Å². The van der Waals surface area contributed by atoms with Crippen molar-refractivity contribution >= 4 is 15.7 Å². The zero-order chi connectivity index (χ0) is 15.1. The highest BCUT2D eigenvalue weighted by Gasteiger charge is 2.31. The van der Waals surface area contributed by atoms with Crippen LogP contribution in [0.3, 0.4) is 0 Å². The number of nitro groups is 1. The van der Waals surface area contributed by atoms with Crippen LogP contribution in [-0.4, -0.2) is 31.2 Å². The van der Waals surface area contributed by atoms with Gasteiger partial charge in [-0.2, -0.15) is 4.39 Å². The molecule has 1 aromatic carbocycles. The predicted octanol–water partition coefficient (Wildman–Crippen LogP) is 2.07. The van der Waals surface area contributed by atoms with Crippen molar-refractivity contribution in [1.29, 1.82) is 0 Å². The van der Waals surface area contributed by atoms with Crippen LogP contribution >= 0.6 is 0 Å². The number of nitro benzene ring substituents is 1. The molecule has 110 valence electrons. The lowest BCUT2D eigenvalue weighted by Crippen LogP contribution is -2.29. The van der Waals surface area contributed by atoms with Crippen LogP contribution in [0, 0.1) is 28.8 Å². The molecular weight excluding hydrogens is 287 g/mol. The normalized spacial score (nSPS) is 15.6. The summed E-state index contributed by atoms with van der Waals surface area (Å²) in [5.41, 5.74) is -0.874. The van der Waals surface area contributed by atoms with Crippen molar-refractivity contribution in [3.63, 3.8) is 0 Å². The number of nitrogens with zero attached hydrogens (tertiary/aromatic N) is 2. The first-order chi connectivity index (χ1) is 9.23. The largest absolute Gasteiger partial charge is 0.306 e. The van der Waals surface area contributed by atoms with Crippen LogP contribution in [0.25, 0.3) is 0 Å². The minimum atomic E-state index is -3.83. The van der Waals surface area contributed by atoms with E-state index in [2.05, 4.69) is 0 Å². The van der Waals surface area contributed by atoms with Crippen LogP contribution in [0.2, 0.25) is 0 Å². The number of sulfonamides is 1. The van der Waals surface area contributed by atoms with Crippen molar-refractivity contribution in [2.24, 2.45) is 5.92 Å². The van der Waals surface area contributed by atoms with Gasteiger partial charge in [-0.1, -0.05) is 0 Å². The molecule has 0 aliphatic heterocycles. The highest BCUT2D eigenvalue weighted by atomic mass is 32.2. The molecule has 0 unspecified atom stereocenters. The first-order valence-electron chi connectivity index (χ1n) is 6.14. The Morgan fingerprint density at radius 2 is 2.05 bits per heavy atom. The minimum Gasteiger partial charge on any atom is -0.258 e. The van der Waals surface area contributed by atoms with Crippen molar-refractivity contribution in [2.45, 2.75) is 24.7 Å².